The third kappa shape index (κ3) is 3.54. The molecule has 31 heavy (non-hydrogen) atoms. The van der Waals surface area contributed by atoms with Gasteiger partial charge in [-0.25, -0.2) is 4.99 Å². The molecule has 0 spiro atoms. The van der Waals surface area contributed by atoms with Crippen LogP contribution in [0.4, 0.5) is 17.2 Å². The maximum Gasteiger partial charge on any atom is 0.164 e. The summed E-state index contributed by atoms with van der Waals surface area (Å²) >= 11 is 0. The molecule has 0 saturated carbocycles. The topological polar surface area (TPSA) is 108 Å². The molecule has 0 unspecified atom stereocenters. The number of nitrogens with two attached hydrogens (primary N) is 1. The van der Waals surface area contributed by atoms with Gasteiger partial charge in [-0.1, -0.05) is 36.4 Å². The van der Waals surface area contributed by atoms with E-state index in [0.29, 0.717) is 18.1 Å². The molecular formula is C23H25N5O3. The number of anilines is 2. The molecule has 8 heteroatoms. The van der Waals surface area contributed by atoms with Crippen LogP contribution in [0, 0.1) is 0 Å². The van der Waals surface area contributed by atoms with E-state index < -0.39 is 24.5 Å². The summed E-state index contributed by atoms with van der Waals surface area (Å²) in [6.45, 7) is 2.30. The minimum Gasteiger partial charge on any atom is -0.399 e. The number of aliphatic hydroxyl groups is 2. The molecule has 1 fully saturated rings. The second-order valence-electron chi connectivity index (χ2n) is 7.94. The van der Waals surface area contributed by atoms with E-state index in [1.165, 1.54) is 0 Å². The van der Waals surface area contributed by atoms with Gasteiger partial charge in [0.2, 0.25) is 0 Å². The molecule has 2 aromatic carbocycles. The molecule has 0 radical (unpaired) electrons. The number of hydrogen-bond donors (Lipinski definition) is 4. The Labute approximate surface area is 180 Å². The van der Waals surface area contributed by atoms with Gasteiger partial charge in [0, 0.05) is 23.0 Å². The predicted molar refractivity (Wildman–Crippen MR) is 120 cm³/mol. The van der Waals surface area contributed by atoms with Crippen molar-refractivity contribution in [2.24, 2.45) is 4.99 Å². The van der Waals surface area contributed by atoms with Crippen LogP contribution in [-0.4, -0.2) is 44.4 Å². The number of nitrogens with one attached hydrogen (secondary N) is 1. The van der Waals surface area contributed by atoms with Crippen molar-refractivity contribution < 1.29 is 14.9 Å². The van der Waals surface area contributed by atoms with Gasteiger partial charge in [0.25, 0.3) is 0 Å². The average Bonchev–Trinajstić information content (AvgIpc) is 3.27. The molecule has 4 atom stereocenters. The van der Waals surface area contributed by atoms with Gasteiger partial charge in [0.1, 0.15) is 24.4 Å². The summed E-state index contributed by atoms with van der Waals surface area (Å²) in [6, 6.07) is 17.5. The van der Waals surface area contributed by atoms with Gasteiger partial charge < -0.3 is 25.3 Å². The van der Waals surface area contributed by atoms with Gasteiger partial charge in [-0.15, -0.1) is 0 Å². The SMILES string of the molecule is C[C@H]1O[C@@H](n2cc(-c3ccccc3)c3c2N=CN(Nc2cccc(N)c2)C3)[C@H](O)[C@@H]1O. The minimum absolute atomic E-state index is 0.465. The fourth-order valence-corrected chi connectivity index (χ4v) is 4.15. The average molecular weight is 419 g/mol. The number of hydrogen-bond acceptors (Lipinski definition) is 7. The van der Waals surface area contributed by atoms with E-state index >= 15 is 0 Å². The number of aliphatic hydroxyl groups excluding tert-OH is 2. The van der Waals surface area contributed by atoms with Gasteiger partial charge in [-0.3, -0.25) is 10.4 Å². The van der Waals surface area contributed by atoms with Gasteiger partial charge in [0.05, 0.1) is 18.3 Å². The first-order valence-electron chi connectivity index (χ1n) is 10.2. The van der Waals surface area contributed by atoms with Crippen LogP contribution >= 0.6 is 0 Å². The lowest BCUT2D eigenvalue weighted by Crippen LogP contribution is -2.31. The molecule has 1 aromatic heterocycles. The van der Waals surface area contributed by atoms with E-state index in [0.717, 1.165) is 22.4 Å². The first kappa shape index (κ1) is 19.6. The van der Waals surface area contributed by atoms with E-state index in [1.807, 2.05) is 70.4 Å². The summed E-state index contributed by atoms with van der Waals surface area (Å²) in [5.74, 6) is 0.704. The van der Waals surface area contributed by atoms with E-state index in [2.05, 4.69) is 10.4 Å². The summed E-state index contributed by atoms with van der Waals surface area (Å²) in [4.78, 5) is 4.67. The van der Waals surface area contributed by atoms with Crippen LogP contribution in [0.15, 0.2) is 65.8 Å². The highest BCUT2D eigenvalue weighted by molar-refractivity contribution is 5.77. The van der Waals surface area contributed by atoms with Crippen molar-refractivity contribution in [2.45, 2.75) is 38.0 Å². The lowest BCUT2D eigenvalue weighted by atomic mass is 10.0. The molecular weight excluding hydrogens is 394 g/mol. The Morgan fingerprint density at radius 2 is 1.90 bits per heavy atom. The standard InChI is InChI=1S/C23H25N5O3/c1-14-20(29)21(30)23(31-14)28-12-18(15-6-3-2-4-7-15)19-11-27(13-25-22(19)28)26-17-9-5-8-16(24)10-17/h2-10,12-14,20-21,23,26,29-30H,11,24H2,1H3/t14-,20-,21-,23-/m1/s1. The van der Waals surface area contributed by atoms with Gasteiger partial charge in [-0.2, -0.15) is 0 Å². The Bertz CT molecular complexity index is 1110. The Hall–Kier alpha value is -3.33. The summed E-state index contributed by atoms with van der Waals surface area (Å²) in [5.41, 5.74) is 13.8. The van der Waals surface area contributed by atoms with Crippen LogP contribution < -0.4 is 11.2 Å². The van der Waals surface area contributed by atoms with Crippen molar-refractivity contribution in [3.63, 3.8) is 0 Å². The molecule has 3 heterocycles. The zero-order valence-corrected chi connectivity index (χ0v) is 17.1. The van der Waals surface area contributed by atoms with E-state index in [9.17, 15) is 10.2 Å². The third-order valence-electron chi connectivity index (χ3n) is 5.75. The maximum atomic E-state index is 10.6. The van der Waals surface area contributed by atoms with E-state index in [1.54, 1.807) is 13.3 Å². The number of hydrazine groups is 1. The minimum atomic E-state index is -1.03. The molecule has 3 aromatic rings. The number of rotatable bonds is 4. The highest BCUT2D eigenvalue weighted by Gasteiger charge is 2.42. The Kier molecular flexibility index (Phi) is 4.90. The lowest BCUT2D eigenvalue weighted by molar-refractivity contribution is -0.0308. The summed E-state index contributed by atoms with van der Waals surface area (Å²) in [7, 11) is 0. The molecule has 2 aliphatic heterocycles. The van der Waals surface area contributed by atoms with Crippen LogP contribution in [0.1, 0.15) is 18.7 Å². The van der Waals surface area contributed by atoms with E-state index in [-0.39, 0.29) is 0 Å². The normalized spacial score (nSPS) is 24.9. The largest absolute Gasteiger partial charge is 0.399 e. The first-order chi connectivity index (χ1) is 15.0. The molecule has 8 nitrogen and oxygen atoms in total. The number of aromatic nitrogens is 1. The predicted octanol–water partition coefficient (Wildman–Crippen LogP) is 2.88. The number of ether oxygens (including phenoxy) is 1. The van der Waals surface area contributed by atoms with Crippen LogP contribution in [-0.2, 0) is 11.3 Å². The second-order valence-corrected chi connectivity index (χ2v) is 7.94. The van der Waals surface area contributed by atoms with Crippen LogP contribution in [0.5, 0.6) is 0 Å². The molecule has 0 bridgehead atoms. The second kappa shape index (κ2) is 7.73. The van der Waals surface area contributed by atoms with Crippen molar-refractivity contribution in [3.05, 3.63) is 66.4 Å². The monoisotopic (exact) mass is 419 g/mol. The molecule has 160 valence electrons. The maximum absolute atomic E-state index is 10.6. The van der Waals surface area contributed by atoms with Crippen molar-refractivity contribution >= 4 is 23.5 Å². The lowest BCUT2D eigenvalue weighted by Gasteiger charge is -2.26. The molecule has 0 amide bonds. The number of fused-ring (bicyclic) bond motifs is 1. The molecule has 5 rings (SSSR count). The van der Waals surface area contributed by atoms with Crippen molar-refractivity contribution in [1.82, 2.24) is 9.58 Å². The highest BCUT2D eigenvalue weighted by Crippen LogP contribution is 2.41. The number of nitrogen functional groups attached to an aromatic ring is 1. The van der Waals surface area contributed by atoms with E-state index in [4.69, 9.17) is 10.5 Å². The highest BCUT2D eigenvalue weighted by atomic mass is 16.6. The van der Waals surface area contributed by atoms with Gasteiger partial charge in [-0.05, 0) is 30.7 Å². The fourth-order valence-electron chi connectivity index (χ4n) is 4.15. The van der Waals surface area contributed by atoms with Crippen molar-refractivity contribution in [3.8, 4) is 11.1 Å². The molecule has 5 N–H and O–H groups in total. The molecule has 1 saturated heterocycles. The molecule has 2 aliphatic rings. The Balaban J connectivity index is 1.53. The first-order valence-corrected chi connectivity index (χ1v) is 10.2. The zero-order chi connectivity index (χ0) is 21.5. The van der Waals surface area contributed by atoms with Crippen molar-refractivity contribution in [1.29, 1.82) is 0 Å². The number of benzene rings is 2. The Morgan fingerprint density at radius 1 is 1.10 bits per heavy atom. The molecule has 0 aliphatic carbocycles. The summed E-state index contributed by atoms with van der Waals surface area (Å²) in [6.07, 6.45) is 0.499. The smallest absolute Gasteiger partial charge is 0.164 e. The van der Waals surface area contributed by atoms with Gasteiger partial charge in [0.15, 0.2) is 6.23 Å². The van der Waals surface area contributed by atoms with Crippen LogP contribution in [0.2, 0.25) is 0 Å². The van der Waals surface area contributed by atoms with Crippen LogP contribution in [0.25, 0.3) is 11.1 Å². The van der Waals surface area contributed by atoms with Crippen LogP contribution in [0.3, 0.4) is 0 Å². The Morgan fingerprint density at radius 3 is 2.61 bits per heavy atom. The third-order valence-corrected chi connectivity index (χ3v) is 5.75. The van der Waals surface area contributed by atoms with Gasteiger partial charge >= 0.3 is 0 Å². The summed E-state index contributed by atoms with van der Waals surface area (Å²) in [5, 5.41) is 22.6. The number of nitrogens with zero attached hydrogens (tertiary/aromatic N) is 3. The fraction of sp³-hybridized carbons (Fsp3) is 0.261. The number of aliphatic imine (C=N–C) groups is 1. The quantitative estimate of drug-likeness (QED) is 0.485. The zero-order valence-electron chi connectivity index (χ0n) is 17.1. The van der Waals surface area contributed by atoms with Crippen molar-refractivity contribution in [2.75, 3.05) is 11.2 Å². The summed E-state index contributed by atoms with van der Waals surface area (Å²) < 4.78 is 7.69.